The van der Waals surface area contributed by atoms with Crippen molar-refractivity contribution in [3.05, 3.63) is 29.3 Å². The summed E-state index contributed by atoms with van der Waals surface area (Å²) in [6, 6.07) is 7.10. The average molecular weight is 342 g/mol. The zero-order chi connectivity index (χ0) is 15.8. The molecule has 2 rings (SSSR count). The fourth-order valence-electron chi connectivity index (χ4n) is 2.57. The molecule has 22 heavy (non-hydrogen) atoms. The van der Waals surface area contributed by atoms with Crippen LogP contribution < -0.4 is 10.1 Å². The maximum Gasteiger partial charge on any atom is 0.260 e. The van der Waals surface area contributed by atoms with Crippen molar-refractivity contribution in [3.8, 4) is 5.75 Å². The first kappa shape index (κ1) is 17.5. The SMILES string of the molecule is C[C@H](Oc1cccc(Cl)c1)C(=O)NCCSC1CCCCC1. The quantitative estimate of drug-likeness (QED) is 0.752. The van der Waals surface area contributed by atoms with Crippen LogP contribution in [0.5, 0.6) is 5.75 Å². The van der Waals surface area contributed by atoms with Gasteiger partial charge >= 0.3 is 0 Å². The van der Waals surface area contributed by atoms with Crippen molar-refractivity contribution in [2.45, 2.75) is 50.4 Å². The van der Waals surface area contributed by atoms with Crippen LogP contribution in [0.1, 0.15) is 39.0 Å². The number of hydrogen-bond acceptors (Lipinski definition) is 3. The van der Waals surface area contributed by atoms with Crippen LogP contribution in [0.2, 0.25) is 5.02 Å². The average Bonchev–Trinajstić information content (AvgIpc) is 2.52. The third-order valence-electron chi connectivity index (χ3n) is 3.79. The summed E-state index contributed by atoms with van der Waals surface area (Å²) < 4.78 is 5.60. The second-order valence-corrected chi connectivity index (χ2v) is 7.48. The first-order chi connectivity index (χ1) is 10.6. The lowest BCUT2D eigenvalue weighted by atomic mass is 10.0. The van der Waals surface area contributed by atoms with Gasteiger partial charge in [0.15, 0.2) is 6.10 Å². The summed E-state index contributed by atoms with van der Waals surface area (Å²) in [5.74, 6) is 1.51. The Morgan fingerprint density at radius 3 is 2.91 bits per heavy atom. The van der Waals surface area contributed by atoms with Gasteiger partial charge < -0.3 is 10.1 Å². The fourth-order valence-corrected chi connectivity index (χ4v) is 3.97. The van der Waals surface area contributed by atoms with Crippen LogP contribution in [0.15, 0.2) is 24.3 Å². The Kier molecular flexibility index (Phi) is 7.40. The van der Waals surface area contributed by atoms with E-state index in [-0.39, 0.29) is 5.91 Å². The third kappa shape index (κ3) is 6.09. The highest BCUT2D eigenvalue weighted by Gasteiger charge is 2.16. The van der Waals surface area contributed by atoms with Crippen molar-refractivity contribution in [1.29, 1.82) is 0 Å². The molecule has 1 fully saturated rings. The molecule has 0 aliphatic heterocycles. The van der Waals surface area contributed by atoms with Crippen molar-refractivity contribution in [3.63, 3.8) is 0 Å². The minimum Gasteiger partial charge on any atom is -0.481 e. The second-order valence-electron chi connectivity index (χ2n) is 5.64. The van der Waals surface area contributed by atoms with Gasteiger partial charge in [0.2, 0.25) is 0 Å². The number of rotatable bonds is 7. The predicted octanol–water partition coefficient (Wildman–Crippen LogP) is 4.29. The number of carbonyl (C=O) groups excluding carboxylic acids is 1. The van der Waals surface area contributed by atoms with Gasteiger partial charge in [0.25, 0.3) is 5.91 Å². The summed E-state index contributed by atoms with van der Waals surface area (Å²) in [7, 11) is 0. The normalized spacial score (nSPS) is 17.0. The fraction of sp³-hybridized carbons (Fsp3) is 0.588. The number of carbonyl (C=O) groups is 1. The van der Waals surface area contributed by atoms with Gasteiger partial charge in [0, 0.05) is 22.6 Å². The lowest BCUT2D eigenvalue weighted by molar-refractivity contribution is -0.127. The molecule has 1 saturated carbocycles. The Morgan fingerprint density at radius 1 is 1.41 bits per heavy atom. The summed E-state index contributed by atoms with van der Waals surface area (Å²) in [4.78, 5) is 12.0. The molecule has 122 valence electrons. The van der Waals surface area contributed by atoms with Gasteiger partial charge in [-0.2, -0.15) is 11.8 Å². The summed E-state index contributed by atoms with van der Waals surface area (Å²) in [6.45, 7) is 2.45. The second kappa shape index (κ2) is 9.31. The van der Waals surface area contributed by atoms with Crippen LogP contribution in [0.25, 0.3) is 0 Å². The Bertz CT molecular complexity index is 477. The van der Waals surface area contributed by atoms with E-state index in [1.165, 1.54) is 32.1 Å². The molecule has 1 N–H and O–H groups in total. The van der Waals surface area contributed by atoms with Crippen LogP contribution in [0.3, 0.4) is 0 Å². The van der Waals surface area contributed by atoms with E-state index in [0.717, 1.165) is 11.0 Å². The van der Waals surface area contributed by atoms with Crippen molar-refractivity contribution in [1.82, 2.24) is 5.32 Å². The number of hydrogen-bond donors (Lipinski definition) is 1. The largest absolute Gasteiger partial charge is 0.481 e. The molecule has 1 atom stereocenters. The molecule has 1 aliphatic carbocycles. The summed E-state index contributed by atoms with van der Waals surface area (Å²) in [5.41, 5.74) is 0. The van der Waals surface area contributed by atoms with Crippen LogP contribution in [0.4, 0.5) is 0 Å². The minimum absolute atomic E-state index is 0.0794. The third-order valence-corrected chi connectivity index (χ3v) is 5.40. The molecule has 1 aliphatic rings. The van der Waals surface area contributed by atoms with Gasteiger partial charge in [-0.05, 0) is 38.0 Å². The highest BCUT2D eigenvalue weighted by Crippen LogP contribution is 2.27. The predicted molar refractivity (Wildman–Crippen MR) is 93.9 cm³/mol. The summed E-state index contributed by atoms with van der Waals surface area (Å²) >= 11 is 7.88. The Labute approximate surface area is 142 Å². The molecule has 0 saturated heterocycles. The van der Waals surface area contributed by atoms with Crippen molar-refractivity contribution in [2.75, 3.05) is 12.3 Å². The van der Waals surface area contributed by atoms with Crippen LogP contribution >= 0.6 is 23.4 Å². The van der Waals surface area contributed by atoms with E-state index >= 15 is 0 Å². The number of nitrogens with one attached hydrogen (secondary N) is 1. The van der Waals surface area contributed by atoms with Crippen molar-refractivity contribution in [2.24, 2.45) is 0 Å². The molecule has 0 bridgehead atoms. The van der Waals surface area contributed by atoms with E-state index in [9.17, 15) is 4.79 Å². The highest BCUT2D eigenvalue weighted by atomic mass is 35.5. The topological polar surface area (TPSA) is 38.3 Å². The molecule has 0 radical (unpaired) electrons. The van der Waals surface area contributed by atoms with E-state index < -0.39 is 6.10 Å². The van der Waals surface area contributed by atoms with Gasteiger partial charge in [-0.15, -0.1) is 0 Å². The van der Waals surface area contributed by atoms with Gasteiger partial charge in [-0.1, -0.05) is 36.9 Å². The monoisotopic (exact) mass is 341 g/mol. The molecule has 0 spiro atoms. The molecule has 1 aromatic rings. The summed E-state index contributed by atoms with van der Waals surface area (Å²) in [5, 5.41) is 4.33. The molecule has 0 heterocycles. The number of thioether (sulfide) groups is 1. The Balaban J connectivity index is 1.63. The van der Waals surface area contributed by atoms with Gasteiger partial charge in [-0.25, -0.2) is 0 Å². The van der Waals surface area contributed by atoms with E-state index in [1.54, 1.807) is 25.1 Å². The number of halogens is 1. The van der Waals surface area contributed by atoms with E-state index in [2.05, 4.69) is 5.32 Å². The molecule has 3 nitrogen and oxygen atoms in total. The number of benzene rings is 1. The van der Waals surface area contributed by atoms with Crippen LogP contribution in [-0.4, -0.2) is 29.6 Å². The lowest BCUT2D eigenvalue weighted by Gasteiger charge is -2.21. The van der Waals surface area contributed by atoms with E-state index in [4.69, 9.17) is 16.3 Å². The first-order valence-electron chi connectivity index (χ1n) is 7.96. The molecule has 1 aromatic carbocycles. The molecule has 5 heteroatoms. The van der Waals surface area contributed by atoms with Crippen molar-refractivity contribution >= 4 is 29.3 Å². The van der Waals surface area contributed by atoms with E-state index in [1.807, 2.05) is 17.8 Å². The smallest absolute Gasteiger partial charge is 0.260 e. The van der Waals surface area contributed by atoms with Gasteiger partial charge in [-0.3, -0.25) is 4.79 Å². The standard InChI is InChI=1S/C17H24ClNO2S/c1-13(21-15-7-5-6-14(18)12-15)17(20)19-10-11-22-16-8-3-2-4-9-16/h5-7,12-13,16H,2-4,8-11H2,1H3,(H,19,20)/t13-/m0/s1. The zero-order valence-corrected chi connectivity index (χ0v) is 14.6. The molecular weight excluding hydrogens is 318 g/mol. The van der Waals surface area contributed by atoms with Gasteiger partial charge in [0.1, 0.15) is 5.75 Å². The molecular formula is C17H24ClNO2S. The van der Waals surface area contributed by atoms with Crippen molar-refractivity contribution < 1.29 is 9.53 Å². The lowest BCUT2D eigenvalue weighted by Crippen LogP contribution is -2.37. The number of amides is 1. The Hall–Kier alpha value is -0.870. The zero-order valence-electron chi connectivity index (χ0n) is 13.0. The Morgan fingerprint density at radius 2 is 2.18 bits per heavy atom. The number of ether oxygens (including phenoxy) is 1. The summed E-state index contributed by atoms with van der Waals surface area (Å²) in [6.07, 6.45) is 6.23. The van der Waals surface area contributed by atoms with E-state index in [0.29, 0.717) is 17.3 Å². The minimum atomic E-state index is -0.516. The maximum absolute atomic E-state index is 12.0. The first-order valence-corrected chi connectivity index (χ1v) is 9.39. The van der Waals surface area contributed by atoms with Crippen LogP contribution in [0, 0.1) is 0 Å². The van der Waals surface area contributed by atoms with Crippen LogP contribution in [-0.2, 0) is 4.79 Å². The molecule has 0 aromatic heterocycles. The maximum atomic E-state index is 12.0. The molecule has 1 amide bonds. The highest BCUT2D eigenvalue weighted by molar-refractivity contribution is 7.99. The molecule has 0 unspecified atom stereocenters. The van der Waals surface area contributed by atoms with Gasteiger partial charge in [0.05, 0.1) is 0 Å².